The number of hydrogen-bond acceptors (Lipinski definition) is 5. The van der Waals surface area contributed by atoms with Crippen LogP contribution in [0.15, 0.2) is 0 Å². The van der Waals surface area contributed by atoms with Gasteiger partial charge in [-0.1, -0.05) is 0 Å². The molecule has 8 heteroatoms. The largest absolute Gasteiger partial charge is 0.468 e. The number of esters is 1. The molecule has 98 valence electrons. The van der Waals surface area contributed by atoms with Crippen LogP contribution in [0.2, 0.25) is 0 Å². The van der Waals surface area contributed by atoms with E-state index in [-0.39, 0.29) is 25.5 Å². The number of piperazine rings is 1. The van der Waals surface area contributed by atoms with Crippen LogP contribution in [0, 0.1) is 0 Å². The number of amides is 1. The first-order valence-corrected chi connectivity index (χ1v) is 6.92. The van der Waals surface area contributed by atoms with Crippen molar-refractivity contribution in [2.75, 3.05) is 33.0 Å². The molecule has 1 amide bonds. The third-order valence-electron chi connectivity index (χ3n) is 2.68. The SMILES string of the molecule is COC(=O)C1CN(C(C)=O)CCN1S(C)(=O)=O. The molecule has 0 saturated carbocycles. The van der Waals surface area contributed by atoms with Crippen molar-refractivity contribution < 1.29 is 22.7 Å². The van der Waals surface area contributed by atoms with Crippen LogP contribution in [0.5, 0.6) is 0 Å². The Hall–Kier alpha value is -1.15. The fourth-order valence-corrected chi connectivity index (χ4v) is 2.81. The van der Waals surface area contributed by atoms with Gasteiger partial charge in [0.15, 0.2) is 0 Å². The van der Waals surface area contributed by atoms with Gasteiger partial charge in [0, 0.05) is 26.6 Å². The van der Waals surface area contributed by atoms with Gasteiger partial charge in [-0.25, -0.2) is 8.42 Å². The van der Waals surface area contributed by atoms with E-state index in [2.05, 4.69) is 4.74 Å². The molecule has 1 rings (SSSR count). The van der Waals surface area contributed by atoms with Gasteiger partial charge in [-0.3, -0.25) is 9.59 Å². The Balaban J connectivity index is 2.95. The standard InChI is InChI=1S/C9H16N2O5S/c1-7(12)10-4-5-11(17(3,14)15)8(6-10)9(13)16-2/h8H,4-6H2,1-3H3. The summed E-state index contributed by atoms with van der Waals surface area (Å²) in [4.78, 5) is 24.2. The van der Waals surface area contributed by atoms with Gasteiger partial charge in [-0.15, -0.1) is 0 Å². The molecular formula is C9H16N2O5S. The minimum absolute atomic E-state index is 0.0368. The van der Waals surface area contributed by atoms with Gasteiger partial charge in [-0.2, -0.15) is 4.31 Å². The molecule has 1 aliphatic rings. The number of nitrogens with zero attached hydrogens (tertiary/aromatic N) is 2. The molecule has 1 atom stereocenters. The summed E-state index contributed by atoms with van der Waals surface area (Å²) in [5.41, 5.74) is 0. The zero-order chi connectivity index (χ0) is 13.2. The van der Waals surface area contributed by atoms with E-state index in [9.17, 15) is 18.0 Å². The Kier molecular flexibility index (Phi) is 4.10. The lowest BCUT2D eigenvalue weighted by molar-refractivity contribution is -0.148. The lowest BCUT2D eigenvalue weighted by atomic mass is 10.2. The molecule has 1 aliphatic heterocycles. The van der Waals surface area contributed by atoms with E-state index in [0.29, 0.717) is 0 Å². The minimum atomic E-state index is -3.48. The smallest absolute Gasteiger partial charge is 0.326 e. The van der Waals surface area contributed by atoms with Crippen molar-refractivity contribution in [2.45, 2.75) is 13.0 Å². The zero-order valence-electron chi connectivity index (χ0n) is 10.0. The molecule has 1 heterocycles. The van der Waals surface area contributed by atoms with Gasteiger partial charge in [0.05, 0.1) is 13.4 Å². The van der Waals surface area contributed by atoms with Crippen molar-refractivity contribution in [1.82, 2.24) is 9.21 Å². The van der Waals surface area contributed by atoms with Crippen LogP contribution in [-0.2, 0) is 24.3 Å². The van der Waals surface area contributed by atoms with E-state index in [0.717, 1.165) is 10.6 Å². The van der Waals surface area contributed by atoms with Crippen LogP contribution in [-0.4, -0.2) is 68.5 Å². The van der Waals surface area contributed by atoms with Gasteiger partial charge in [0.2, 0.25) is 15.9 Å². The van der Waals surface area contributed by atoms with Crippen LogP contribution >= 0.6 is 0 Å². The van der Waals surface area contributed by atoms with Gasteiger partial charge in [-0.05, 0) is 0 Å². The molecular weight excluding hydrogens is 248 g/mol. The highest BCUT2D eigenvalue weighted by Crippen LogP contribution is 2.14. The maximum atomic E-state index is 11.5. The van der Waals surface area contributed by atoms with Gasteiger partial charge >= 0.3 is 5.97 Å². The molecule has 0 aromatic rings. The number of ether oxygens (including phenoxy) is 1. The highest BCUT2D eigenvalue weighted by Gasteiger charge is 2.38. The molecule has 1 unspecified atom stereocenters. The van der Waals surface area contributed by atoms with Crippen molar-refractivity contribution in [1.29, 1.82) is 0 Å². The van der Waals surface area contributed by atoms with Gasteiger partial charge in [0.1, 0.15) is 6.04 Å². The van der Waals surface area contributed by atoms with E-state index in [4.69, 9.17) is 0 Å². The van der Waals surface area contributed by atoms with Crippen molar-refractivity contribution >= 4 is 21.9 Å². The average Bonchev–Trinajstić information content (AvgIpc) is 2.25. The molecule has 0 aromatic carbocycles. The predicted octanol–water partition coefficient (Wildman–Crippen LogP) is -1.35. The third kappa shape index (κ3) is 3.16. The van der Waals surface area contributed by atoms with E-state index in [1.165, 1.54) is 18.9 Å². The number of sulfonamides is 1. The second-order valence-electron chi connectivity index (χ2n) is 3.88. The summed E-state index contributed by atoms with van der Waals surface area (Å²) in [5, 5.41) is 0. The van der Waals surface area contributed by atoms with Crippen molar-refractivity contribution in [3.8, 4) is 0 Å². The van der Waals surface area contributed by atoms with Crippen LogP contribution in [0.25, 0.3) is 0 Å². The first kappa shape index (κ1) is 13.9. The Labute approximate surface area is 100 Å². The van der Waals surface area contributed by atoms with Gasteiger partial charge in [0.25, 0.3) is 0 Å². The van der Waals surface area contributed by atoms with Crippen LogP contribution in [0.1, 0.15) is 6.92 Å². The molecule has 17 heavy (non-hydrogen) atoms. The van der Waals surface area contributed by atoms with Gasteiger partial charge < -0.3 is 9.64 Å². The first-order chi connectivity index (χ1) is 7.77. The van der Waals surface area contributed by atoms with Crippen LogP contribution < -0.4 is 0 Å². The lowest BCUT2D eigenvalue weighted by Crippen LogP contribution is -2.59. The third-order valence-corrected chi connectivity index (χ3v) is 3.96. The number of methoxy groups -OCH3 is 1. The molecule has 0 bridgehead atoms. The second-order valence-corrected chi connectivity index (χ2v) is 5.81. The van der Waals surface area contributed by atoms with Crippen molar-refractivity contribution in [3.05, 3.63) is 0 Å². The lowest BCUT2D eigenvalue weighted by Gasteiger charge is -2.37. The Morgan fingerprint density at radius 2 is 1.88 bits per heavy atom. The highest BCUT2D eigenvalue weighted by molar-refractivity contribution is 7.88. The second kappa shape index (κ2) is 5.01. The molecule has 0 N–H and O–H groups in total. The highest BCUT2D eigenvalue weighted by atomic mass is 32.2. The van der Waals surface area contributed by atoms with Crippen molar-refractivity contribution in [2.24, 2.45) is 0 Å². The fraction of sp³-hybridized carbons (Fsp3) is 0.778. The van der Waals surface area contributed by atoms with Crippen LogP contribution in [0.4, 0.5) is 0 Å². The summed E-state index contributed by atoms with van der Waals surface area (Å²) in [7, 11) is -2.29. The Morgan fingerprint density at radius 1 is 1.29 bits per heavy atom. The molecule has 0 spiro atoms. The summed E-state index contributed by atoms with van der Waals surface area (Å²) in [5.74, 6) is -0.839. The summed E-state index contributed by atoms with van der Waals surface area (Å²) in [6.07, 6.45) is 1.03. The quantitative estimate of drug-likeness (QED) is 0.576. The monoisotopic (exact) mass is 264 g/mol. The average molecular weight is 264 g/mol. The number of hydrogen-bond donors (Lipinski definition) is 0. The van der Waals surface area contributed by atoms with Crippen molar-refractivity contribution in [3.63, 3.8) is 0 Å². The first-order valence-electron chi connectivity index (χ1n) is 5.07. The maximum absolute atomic E-state index is 11.5. The number of carbonyl (C=O) groups excluding carboxylic acids is 2. The molecule has 0 aliphatic carbocycles. The fourth-order valence-electron chi connectivity index (χ4n) is 1.78. The molecule has 7 nitrogen and oxygen atoms in total. The predicted molar refractivity (Wildman–Crippen MR) is 59.6 cm³/mol. The topological polar surface area (TPSA) is 84.0 Å². The van der Waals surface area contributed by atoms with E-state index in [1.54, 1.807) is 0 Å². The van der Waals surface area contributed by atoms with E-state index < -0.39 is 22.0 Å². The molecule has 1 fully saturated rings. The minimum Gasteiger partial charge on any atom is -0.468 e. The van der Waals surface area contributed by atoms with E-state index in [1.807, 2.05) is 0 Å². The summed E-state index contributed by atoms with van der Waals surface area (Å²) in [6.45, 7) is 1.81. The van der Waals surface area contributed by atoms with Crippen LogP contribution in [0.3, 0.4) is 0 Å². The normalized spacial score (nSPS) is 22.3. The number of carbonyl (C=O) groups is 2. The van der Waals surface area contributed by atoms with E-state index >= 15 is 0 Å². The Morgan fingerprint density at radius 3 is 2.29 bits per heavy atom. The molecule has 1 saturated heterocycles. The summed E-state index contributed by atoms with van der Waals surface area (Å²) < 4.78 is 28.6. The summed E-state index contributed by atoms with van der Waals surface area (Å²) in [6, 6.07) is -0.951. The zero-order valence-corrected chi connectivity index (χ0v) is 10.9. The Bertz CT molecular complexity index is 419. The molecule has 0 aromatic heterocycles. The number of rotatable bonds is 2. The molecule has 0 radical (unpaired) electrons. The summed E-state index contributed by atoms with van der Waals surface area (Å²) >= 11 is 0. The maximum Gasteiger partial charge on any atom is 0.326 e.